The average Bonchev–Trinajstić information content (AvgIpc) is 3.26. The highest BCUT2D eigenvalue weighted by Crippen LogP contribution is 2.29. The molecule has 0 fully saturated rings. The number of benzene rings is 2. The quantitative estimate of drug-likeness (QED) is 0.426. The van der Waals surface area contributed by atoms with Gasteiger partial charge >= 0.3 is 6.18 Å². The maximum Gasteiger partial charge on any atom is 0.416 e. The van der Waals surface area contributed by atoms with E-state index in [-0.39, 0.29) is 12.5 Å². The van der Waals surface area contributed by atoms with Crippen LogP contribution >= 0.6 is 0 Å². The van der Waals surface area contributed by atoms with Crippen LogP contribution in [0.25, 0.3) is 22.3 Å². The van der Waals surface area contributed by atoms with Gasteiger partial charge in [-0.1, -0.05) is 24.3 Å². The van der Waals surface area contributed by atoms with Crippen LogP contribution < -0.4 is 10.6 Å². The molecular formula is C23H18F3N5O2. The van der Waals surface area contributed by atoms with Crippen LogP contribution in [0.4, 0.5) is 13.2 Å². The molecule has 2 heterocycles. The third kappa shape index (κ3) is 4.69. The number of aromatic amines is 1. The standard InChI is InChI=1S/C23H18F3N5O2/c1-27-22(33)18-10-17-19(29-12-30-20(17)31-18)14-5-7-15(8-6-14)21(32)28-11-13-3-2-4-16(9-13)23(24,25)26/h2-10,12H,11H2,1H3,(H,27,33)(H,28,32)(H,29,30,31). The molecule has 0 unspecified atom stereocenters. The summed E-state index contributed by atoms with van der Waals surface area (Å²) in [5.74, 6) is -0.706. The molecule has 0 spiro atoms. The lowest BCUT2D eigenvalue weighted by atomic mass is 10.1. The minimum Gasteiger partial charge on any atom is -0.354 e. The summed E-state index contributed by atoms with van der Waals surface area (Å²) in [4.78, 5) is 35.7. The van der Waals surface area contributed by atoms with Gasteiger partial charge in [-0.2, -0.15) is 13.2 Å². The molecule has 7 nitrogen and oxygen atoms in total. The minimum atomic E-state index is -4.44. The van der Waals surface area contributed by atoms with Crippen molar-refractivity contribution < 1.29 is 22.8 Å². The predicted molar refractivity (Wildman–Crippen MR) is 115 cm³/mol. The molecule has 2 amide bonds. The maximum absolute atomic E-state index is 12.8. The minimum absolute atomic E-state index is 0.0390. The van der Waals surface area contributed by atoms with Crippen LogP contribution in [-0.4, -0.2) is 33.8 Å². The molecule has 0 atom stereocenters. The summed E-state index contributed by atoms with van der Waals surface area (Å²) in [7, 11) is 1.53. The van der Waals surface area contributed by atoms with Gasteiger partial charge in [-0.05, 0) is 35.9 Å². The van der Waals surface area contributed by atoms with Gasteiger partial charge in [0.05, 0.1) is 11.3 Å². The number of nitrogens with zero attached hydrogens (tertiary/aromatic N) is 2. The van der Waals surface area contributed by atoms with Crippen molar-refractivity contribution in [1.82, 2.24) is 25.6 Å². The first kappa shape index (κ1) is 22.0. The van der Waals surface area contributed by atoms with Gasteiger partial charge in [-0.25, -0.2) is 9.97 Å². The SMILES string of the molecule is CNC(=O)c1cc2c(-c3ccc(C(=O)NCc4cccc(C(F)(F)F)c4)cc3)ncnc2[nH]1. The van der Waals surface area contributed by atoms with E-state index in [4.69, 9.17) is 0 Å². The van der Waals surface area contributed by atoms with Crippen molar-refractivity contribution in [2.24, 2.45) is 0 Å². The normalized spacial score (nSPS) is 11.4. The number of carbonyl (C=O) groups is 2. The van der Waals surface area contributed by atoms with Crippen molar-refractivity contribution in [1.29, 1.82) is 0 Å². The van der Waals surface area contributed by atoms with Gasteiger partial charge < -0.3 is 15.6 Å². The summed E-state index contributed by atoms with van der Waals surface area (Å²) in [6.45, 7) is -0.0390. The highest BCUT2D eigenvalue weighted by atomic mass is 19.4. The molecule has 0 saturated heterocycles. The zero-order valence-electron chi connectivity index (χ0n) is 17.3. The Hall–Kier alpha value is -4.21. The highest BCUT2D eigenvalue weighted by Gasteiger charge is 2.30. The molecule has 0 aliphatic rings. The number of amides is 2. The number of aromatic nitrogens is 3. The number of hydrogen-bond acceptors (Lipinski definition) is 4. The number of carbonyl (C=O) groups excluding carboxylic acids is 2. The first-order chi connectivity index (χ1) is 15.8. The van der Waals surface area contributed by atoms with Gasteiger partial charge in [0.2, 0.25) is 0 Å². The number of halogens is 3. The number of hydrogen-bond donors (Lipinski definition) is 3. The first-order valence-corrected chi connectivity index (χ1v) is 9.87. The number of rotatable bonds is 5. The van der Waals surface area contributed by atoms with Crippen LogP contribution in [0.5, 0.6) is 0 Å². The second-order valence-corrected chi connectivity index (χ2v) is 7.20. The molecule has 4 rings (SSSR count). The number of alkyl halides is 3. The smallest absolute Gasteiger partial charge is 0.354 e. The summed E-state index contributed by atoms with van der Waals surface area (Å²) in [5, 5.41) is 5.81. The van der Waals surface area contributed by atoms with Crippen LogP contribution in [0.3, 0.4) is 0 Å². The third-order valence-corrected chi connectivity index (χ3v) is 5.03. The van der Waals surface area contributed by atoms with Gasteiger partial charge in [0.25, 0.3) is 11.8 Å². The third-order valence-electron chi connectivity index (χ3n) is 5.03. The largest absolute Gasteiger partial charge is 0.416 e. The molecule has 168 valence electrons. The molecule has 0 aliphatic heterocycles. The molecule has 0 bridgehead atoms. The molecule has 0 radical (unpaired) electrons. The first-order valence-electron chi connectivity index (χ1n) is 9.87. The summed E-state index contributed by atoms with van der Waals surface area (Å²) in [6.07, 6.45) is -3.07. The molecule has 10 heteroatoms. The Bertz CT molecular complexity index is 1330. The monoisotopic (exact) mass is 453 g/mol. The number of H-pyrrole nitrogens is 1. The van der Waals surface area contributed by atoms with Gasteiger partial charge in [0.15, 0.2) is 0 Å². The van der Waals surface area contributed by atoms with Gasteiger partial charge in [-0.3, -0.25) is 9.59 Å². The van der Waals surface area contributed by atoms with E-state index < -0.39 is 17.6 Å². The van der Waals surface area contributed by atoms with E-state index in [2.05, 4.69) is 25.6 Å². The molecule has 33 heavy (non-hydrogen) atoms. The molecule has 0 aliphatic carbocycles. The van der Waals surface area contributed by atoms with Crippen molar-refractivity contribution in [2.75, 3.05) is 7.05 Å². The van der Waals surface area contributed by atoms with Crippen molar-refractivity contribution in [3.8, 4) is 11.3 Å². The fraction of sp³-hybridized carbons (Fsp3) is 0.130. The average molecular weight is 453 g/mol. The number of fused-ring (bicyclic) bond motifs is 1. The van der Waals surface area contributed by atoms with Crippen LogP contribution in [0.1, 0.15) is 32.0 Å². The predicted octanol–water partition coefficient (Wildman–Crippen LogP) is 3.93. The Morgan fingerprint density at radius 1 is 1.00 bits per heavy atom. The van der Waals surface area contributed by atoms with Gasteiger partial charge in [0, 0.05) is 30.1 Å². The summed E-state index contributed by atoms with van der Waals surface area (Å²) in [6, 6.07) is 13.1. The Kier molecular flexibility index (Phi) is 5.82. The molecule has 3 N–H and O–H groups in total. The van der Waals surface area contributed by atoms with E-state index in [1.807, 2.05) is 0 Å². The second-order valence-electron chi connectivity index (χ2n) is 7.20. The lowest BCUT2D eigenvalue weighted by Gasteiger charge is -2.10. The van der Waals surface area contributed by atoms with Crippen molar-refractivity contribution in [3.63, 3.8) is 0 Å². The molecule has 2 aromatic heterocycles. The fourth-order valence-corrected chi connectivity index (χ4v) is 3.35. The van der Waals surface area contributed by atoms with Crippen LogP contribution in [0.15, 0.2) is 60.9 Å². The van der Waals surface area contributed by atoms with Crippen molar-refractivity contribution in [3.05, 3.63) is 83.3 Å². The summed E-state index contributed by atoms with van der Waals surface area (Å²) < 4.78 is 38.5. The zero-order valence-corrected chi connectivity index (χ0v) is 17.3. The van der Waals surface area contributed by atoms with Crippen LogP contribution in [0, 0.1) is 0 Å². The highest BCUT2D eigenvalue weighted by molar-refractivity contribution is 6.01. The van der Waals surface area contributed by atoms with Gasteiger partial charge in [-0.15, -0.1) is 0 Å². The molecule has 2 aromatic carbocycles. The molecular weight excluding hydrogens is 435 g/mol. The summed E-state index contributed by atoms with van der Waals surface area (Å²) >= 11 is 0. The van der Waals surface area contributed by atoms with E-state index in [1.165, 1.54) is 25.5 Å². The number of nitrogens with one attached hydrogen (secondary N) is 3. The van der Waals surface area contributed by atoms with E-state index in [1.54, 1.807) is 30.3 Å². The van der Waals surface area contributed by atoms with E-state index >= 15 is 0 Å². The summed E-state index contributed by atoms with van der Waals surface area (Å²) in [5.41, 5.74) is 2.07. The van der Waals surface area contributed by atoms with Crippen LogP contribution in [-0.2, 0) is 12.7 Å². The Morgan fingerprint density at radius 2 is 1.76 bits per heavy atom. The second kappa shape index (κ2) is 8.73. The lowest BCUT2D eigenvalue weighted by Crippen LogP contribution is -2.23. The maximum atomic E-state index is 12.8. The van der Waals surface area contributed by atoms with Crippen molar-refractivity contribution in [2.45, 2.75) is 12.7 Å². The van der Waals surface area contributed by atoms with E-state index in [9.17, 15) is 22.8 Å². The molecule has 4 aromatic rings. The Labute approximate surface area is 186 Å². The fourth-order valence-electron chi connectivity index (χ4n) is 3.35. The van der Waals surface area contributed by atoms with Crippen LogP contribution in [0.2, 0.25) is 0 Å². The van der Waals surface area contributed by atoms with E-state index in [0.29, 0.717) is 39.1 Å². The lowest BCUT2D eigenvalue weighted by molar-refractivity contribution is -0.137. The van der Waals surface area contributed by atoms with Gasteiger partial charge in [0.1, 0.15) is 17.7 Å². The molecule has 0 saturated carbocycles. The Balaban J connectivity index is 1.50. The topological polar surface area (TPSA) is 99.8 Å². The van der Waals surface area contributed by atoms with Crippen molar-refractivity contribution >= 4 is 22.8 Å². The Morgan fingerprint density at radius 3 is 2.45 bits per heavy atom. The van der Waals surface area contributed by atoms with E-state index in [0.717, 1.165) is 12.1 Å². The zero-order chi connectivity index (χ0) is 23.6.